The van der Waals surface area contributed by atoms with E-state index in [1.807, 2.05) is 0 Å². The Bertz CT molecular complexity index is 999. The van der Waals surface area contributed by atoms with Crippen molar-refractivity contribution in [1.29, 1.82) is 0 Å². The molecule has 0 radical (unpaired) electrons. The summed E-state index contributed by atoms with van der Waals surface area (Å²) in [4.78, 5) is 13.8. The van der Waals surface area contributed by atoms with Crippen LogP contribution in [0.3, 0.4) is 0 Å². The van der Waals surface area contributed by atoms with Gasteiger partial charge in [-0.3, -0.25) is 9.10 Å². The number of Topliss-reactive ketones (excluding diaryl/α,β-unsaturated/α-hetero) is 1. The molecule has 0 amide bonds. The summed E-state index contributed by atoms with van der Waals surface area (Å²) in [5.74, 6) is -1.20. The second-order valence-corrected chi connectivity index (χ2v) is 8.25. The number of hydrogen-bond donors (Lipinski definition) is 0. The molecule has 0 saturated heterocycles. The maximum Gasteiger partial charge on any atom is 0.270 e. The van der Waals surface area contributed by atoms with Gasteiger partial charge in [-0.15, -0.1) is 0 Å². The molecule has 0 fully saturated rings. The number of hydrogen-bond acceptors (Lipinski definition) is 4. The molecule has 0 aromatic heterocycles. The Morgan fingerprint density at radius 2 is 1.85 bits per heavy atom. The fourth-order valence-electron chi connectivity index (χ4n) is 2.74. The second kappa shape index (κ2) is 6.74. The number of ketones is 1. The minimum Gasteiger partial charge on any atom is -0.382 e. The molecule has 0 N–H and O–H groups in total. The number of para-hydroxylation sites is 1. The van der Waals surface area contributed by atoms with Gasteiger partial charge in [0.05, 0.1) is 12.2 Å². The number of halogens is 2. The fourth-order valence-corrected chi connectivity index (χ4v) is 4.60. The fraction of sp³-hybridized carbons (Fsp3) is 0.167. The van der Waals surface area contributed by atoms with Crippen LogP contribution in [0.25, 0.3) is 0 Å². The maximum absolute atomic E-state index is 14.2. The highest BCUT2D eigenvalue weighted by Gasteiger charge is 2.40. The van der Waals surface area contributed by atoms with Crippen LogP contribution in [0.15, 0.2) is 53.6 Å². The van der Waals surface area contributed by atoms with Crippen LogP contribution in [0.4, 0.5) is 10.1 Å². The molecule has 5 nitrogen and oxygen atoms in total. The molecule has 0 atom stereocenters. The Labute approximate surface area is 156 Å². The SMILES string of the molecule is CN(C)C=C1C(=O)c2ccccc2N(Cc2c(F)cccc2Cl)S1(=O)=O. The Hall–Kier alpha value is -2.38. The summed E-state index contributed by atoms with van der Waals surface area (Å²) >= 11 is 6.07. The third-order valence-electron chi connectivity index (χ3n) is 3.95. The summed E-state index contributed by atoms with van der Waals surface area (Å²) in [5.41, 5.74) is 0.488. The van der Waals surface area contributed by atoms with E-state index in [4.69, 9.17) is 11.6 Å². The highest BCUT2D eigenvalue weighted by molar-refractivity contribution is 7.97. The molecule has 0 aliphatic carbocycles. The van der Waals surface area contributed by atoms with Gasteiger partial charge in [0.15, 0.2) is 4.91 Å². The third kappa shape index (κ3) is 3.08. The second-order valence-electron chi connectivity index (χ2n) is 6.02. The Kier molecular flexibility index (Phi) is 4.77. The van der Waals surface area contributed by atoms with Crippen LogP contribution < -0.4 is 4.31 Å². The zero-order valence-corrected chi connectivity index (χ0v) is 15.7. The van der Waals surface area contributed by atoms with E-state index in [0.717, 1.165) is 4.31 Å². The van der Waals surface area contributed by atoms with Crippen LogP contribution in [0.5, 0.6) is 0 Å². The van der Waals surface area contributed by atoms with Crippen LogP contribution >= 0.6 is 11.6 Å². The van der Waals surface area contributed by atoms with Crippen molar-refractivity contribution in [1.82, 2.24) is 4.90 Å². The molecule has 3 rings (SSSR count). The topological polar surface area (TPSA) is 57.7 Å². The van der Waals surface area contributed by atoms with Gasteiger partial charge in [0, 0.05) is 36.4 Å². The van der Waals surface area contributed by atoms with Gasteiger partial charge in [0.1, 0.15) is 5.82 Å². The Balaban J connectivity index is 2.22. The van der Waals surface area contributed by atoms with E-state index >= 15 is 0 Å². The lowest BCUT2D eigenvalue weighted by atomic mass is 10.1. The van der Waals surface area contributed by atoms with Crippen LogP contribution in [0, 0.1) is 5.82 Å². The first-order chi connectivity index (χ1) is 12.2. The molecular formula is C18H16ClFN2O3S. The van der Waals surface area contributed by atoms with Crippen molar-refractivity contribution in [2.24, 2.45) is 0 Å². The minimum absolute atomic E-state index is 0.0473. The van der Waals surface area contributed by atoms with Crippen molar-refractivity contribution in [3.8, 4) is 0 Å². The monoisotopic (exact) mass is 394 g/mol. The first kappa shape index (κ1) is 18.4. The van der Waals surface area contributed by atoms with Crippen molar-refractivity contribution in [3.05, 3.63) is 75.5 Å². The number of carbonyl (C=O) groups excluding carboxylic acids is 1. The number of sulfonamides is 1. The van der Waals surface area contributed by atoms with E-state index in [1.54, 1.807) is 32.3 Å². The van der Waals surface area contributed by atoms with Crippen LogP contribution in [-0.2, 0) is 16.6 Å². The molecule has 0 saturated carbocycles. The number of rotatable bonds is 3. The largest absolute Gasteiger partial charge is 0.382 e. The van der Waals surface area contributed by atoms with E-state index in [9.17, 15) is 17.6 Å². The van der Waals surface area contributed by atoms with Gasteiger partial charge in [-0.2, -0.15) is 0 Å². The summed E-state index contributed by atoms with van der Waals surface area (Å²) in [5, 5.41) is 0.118. The minimum atomic E-state index is -4.18. The van der Waals surface area contributed by atoms with Gasteiger partial charge in [-0.1, -0.05) is 29.8 Å². The van der Waals surface area contributed by atoms with Gasteiger partial charge >= 0.3 is 0 Å². The maximum atomic E-state index is 14.2. The average Bonchev–Trinajstić information content (AvgIpc) is 2.57. The Morgan fingerprint density at radius 3 is 2.50 bits per heavy atom. The summed E-state index contributed by atoms with van der Waals surface area (Å²) in [6, 6.07) is 10.5. The van der Waals surface area contributed by atoms with Crippen LogP contribution in [-0.4, -0.2) is 33.2 Å². The lowest BCUT2D eigenvalue weighted by Crippen LogP contribution is -2.39. The molecule has 136 valence electrons. The molecule has 0 unspecified atom stereocenters. The van der Waals surface area contributed by atoms with Gasteiger partial charge in [0.25, 0.3) is 10.0 Å². The molecule has 1 aliphatic heterocycles. The quantitative estimate of drug-likeness (QED) is 0.748. The Morgan fingerprint density at radius 1 is 1.15 bits per heavy atom. The van der Waals surface area contributed by atoms with E-state index < -0.39 is 21.6 Å². The molecule has 1 aliphatic rings. The molecule has 0 spiro atoms. The molecule has 0 bridgehead atoms. The molecule has 2 aromatic carbocycles. The van der Waals surface area contributed by atoms with E-state index in [-0.39, 0.29) is 33.3 Å². The van der Waals surface area contributed by atoms with Crippen molar-refractivity contribution in [2.75, 3.05) is 18.4 Å². The molecular weight excluding hydrogens is 379 g/mol. The number of anilines is 1. The smallest absolute Gasteiger partial charge is 0.270 e. The van der Waals surface area contributed by atoms with Gasteiger partial charge in [-0.05, 0) is 24.3 Å². The van der Waals surface area contributed by atoms with Gasteiger partial charge in [-0.25, -0.2) is 12.8 Å². The molecule has 1 heterocycles. The predicted octanol–water partition coefficient (Wildman–Crippen LogP) is 3.41. The summed E-state index contributed by atoms with van der Waals surface area (Å²) in [7, 11) is -0.937. The first-order valence-corrected chi connectivity index (χ1v) is 9.53. The molecule has 2 aromatic rings. The predicted molar refractivity (Wildman–Crippen MR) is 99.1 cm³/mol. The van der Waals surface area contributed by atoms with Crippen molar-refractivity contribution in [2.45, 2.75) is 6.54 Å². The van der Waals surface area contributed by atoms with Crippen molar-refractivity contribution >= 4 is 33.1 Å². The average molecular weight is 395 g/mol. The van der Waals surface area contributed by atoms with Crippen LogP contribution in [0.2, 0.25) is 5.02 Å². The van der Waals surface area contributed by atoms with E-state index in [0.29, 0.717) is 0 Å². The number of allylic oxidation sites excluding steroid dienone is 1. The van der Waals surface area contributed by atoms with Crippen molar-refractivity contribution < 1.29 is 17.6 Å². The van der Waals surface area contributed by atoms with Crippen LogP contribution in [0.1, 0.15) is 15.9 Å². The number of fused-ring (bicyclic) bond motifs is 1. The summed E-state index contributed by atoms with van der Waals surface area (Å²) in [6.45, 7) is -0.317. The van der Waals surface area contributed by atoms with Gasteiger partial charge in [0.2, 0.25) is 5.78 Å². The number of benzene rings is 2. The van der Waals surface area contributed by atoms with E-state index in [2.05, 4.69) is 0 Å². The van der Waals surface area contributed by atoms with Gasteiger partial charge < -0.3 is 4.90 Å². The summed E-state index contributed by atoms with van der Waals surface area (Å²) in [6.07, 6.45) is 1.25. The van der Waals surface area contributed by atoms with E-state index in [1.165, 1.54) is 35.4 Å². The lowest BCUT2D eigenvalue weighted by molar-refractivity contribution is 0.104. The highest BCUT2D eigenvalue weighted by atomic mass is 35.5. The summed E-state index contributed by atoms with van der Waals surface area (Å²) < 4.78 is 41.4. The zero-order chi connectivity index (χ0) is 19.1. The first-order valence-electron chi connectivity index (χ1n) is 7.71. The number of nitrogens with zero attached hydrogens (tertiary/aromatic N) is 2. The number of carbonyl (C=O) groups is 1. The molecule has 8 heteroatoms. The third-order valence-corrected chi connectivity index (χ3v) is 6.05. The lowest BCUT2D eigenvalue weighted by Gasteiger charge is -2.32. The zero-order valence-electron chi connectivity index (χ0n) is 14.1. The molecule has 26 heavy (non-hydrogen) atoms. The standard InChI is InChI=1S/C18H16ClFN2O3S/c1-21(2)11-17-18(23)12-6-3-4-9-16(12)22(26(17,24)25)10-13-14(19)7-5-8-15(13)20/h3-9,11H,10H2,1-2H3. The normalized spacial score (nSPS) is 17.3. The van der Waals surface area contributed by atoms with Crippen molar-refractivity contribution in [3.63, 3.8) is 0 Å². The highest BCUT2D eigenvalue weighted by Crippen LogP contribution is 2.37.